The van der Waals surface area contributed by atoms with Gasteiger partial charge in [-0.05, 0) is 11.1 Å². The molecular weight excluding hydrogens is 311 g/mol. The van der Waals surface area contributed by atoms with E-state index in [-0.39, 0.29) is 35.1 Å². The highest BCUT2D eigenvalue weighted by Crippen LogP contribution is 2.20. The maximum atomic E-state index is 7.17. The molecule has 0 atom stereocenters. The molecule has 0 amide bonds. The smallest absolute Gasteiger partial charge is 0.151 e. The fourth-order valence-electron chi connectivity index (χ4n) is 1.15. The molecule has 0 unspecified atom stereocenters. The molecule has 0 aromatic heterocycles. The zero-order valence-electron chi connectivity index (χ0n) is 9.51. The number of nitrogens with one attached hydrogen (secondary N) is 2. The average Bonchev–Trinajstić information content (AvgIpc) is 2.24. The number of benzene rings is 1. The predicted octanol–water partition coefficient (Wildman–Crippen LogP) is 2.78. The van der Waals surface area contributed by atoms with Gasteiger partial charge in [0.05, 0.1) is 0 Å². The Balaban J connectivity index is 0. The number of rotatable bonds is 4. The SMILES string of the molecule is Cl.Cl.N=C(N)SCc1ccccc1CSC(=N)N. The number of nitrogens with two attached hydrogens (primary N) is 2. The molecule has 0 fully saturated rings. The molecule has 1 aromatic rings. The lowest BCUT2D eigenvalue weighted by Crippen LogP contribution is -2.06. The molecular formula is C10H16Cl2N4S2. The van der Waals surface area contributed by atoms with Gasteiger partial charge in [-0.15, -0.1) is 24.8 Å². The van der Waals surface area contributed by atoms with Crippen LogP contribution in [0.25, 0.3) is 0 Å². The van der Waals surface area contributed by atoms with E-state index in [0.29, 0.717) is 11.5 Å². The third-order valence-corrected chi connectivity index (χ3v) is 3.42. The molecule has 0 spiro atoms. The van der Waals surface area contributed by atoms with Crippen molar-refractivity contribution in [2.75, 3.05) is 0 Å². The Labute approximate surface area is 127 Å². The fraction of sp³-hybridized carbons (Fsp3) is 0.200. The van der Waals surface area contributed by atoms with Gasteiger partial charge in [0.15, 0.2) is 10.3 Å². The van der Waals surface area contributed by atoms with Crippen molar-refractivity contribution in [3.05, 3.63) is 35.4 Å². The number of hydrogen-bond donors (Lipinski definition) is 4. The first kappa shape index (κ1) is 19.8. The van der Waals surface area contributed by atoms with E-state index in [1.807, 2.05) is 24.3 Å². The van der Waals surface area contributed by atoms with Gasteiger partial charge in [0.25, 0.3) is 0 Å². The van der Waals surface area contributed by atoms with Gasteiger partial charge >= 0.3 is 0 Å². The van der Waals surface area contributed by atoms with Crippen LogP contribution in [0.2, 0.25) is 0 Å². The predicted molar refractivity (Wildman–Crippen MR) is 87.4 cm³/mol. The van der Waals surface area contributed by atoms with Crippen LogP contribution >= 0.6 is 48.3 Å². The summed E-state index contributed by atoms with van der Waals surface area (Å²) >= 11 is 2.60. The summed E-state index contributed by atoms with van der Waals surface area (Å²) in [5, 5.41) is 14.6. The Morgan fingerprint density at radius 3 is 1.50 bits per heavy atom. The average molecular weight is 327 g/mol. The molecule has 0 aliphatic heterocycles. The maximum Gasteiger partial charge on any atom is 0.151 e. The Kier molecular flexibility index (Phi) is 11.4. The minimum Gasteiger partial charge on any atom is -0.379 e. The number of thioether (sulfide) groups is 2. The summed E-state index contributed by atoms with van der Waals surface area (Å²) in [7, 11) is 0. The topological polar surface area (TPSA) is 99.7 Å². The van der Waals surface area contributed by atoms with E-state index in [1.54, 1.807) is 0 Å². The lowest BCUT2D eigenvalue weighted by Gasteiger charge is -2.07. The molecule has 0 saturated carbocycles. The van der Waals surface area contributed by atoms with Crippen LogP contribution in [0.1, 0.15) is 11.1 Å². The highest BCUT2D eigenvalue weighted by molar-refractivity contribution is 8.13. The molecule has 0 aliphatic carbocycles. The lowest BCUT2D eigenvalue weighted by molar-refractivity contribution is 1.29. The van der Waals surface area contributed by atoms with Crippen LogP contribution in [0.4, 0.5) is 0 Å². The fourth-order valence-corrected chi connectivity index (χ4v) is 2.34. The summed E-state index contributed by atoms with van der Waals surface area (Å²) in [6.07, 6.45) is 0. The summed E-state index contributed by atoms with van der Waals surface area (Å²) in [6.45, 7) is 0. The van der Waals surface area contributed by atoms with Gasteiger partial charge in [-0.3, -0.25) is 10.8 Å². The molecule has 1 aromatic carbocycles. The van der Waals surface area contributed by atoms with Crippen molar-refractivity contribution in [2.45, 2.75) is 11.5 Å². The molecule has 0 saturated heterocycles. The van der Waals surface area contributed by atoms with E-state index >= 15 is 0 Å². The van der Waals surface area contributed by atoms with Crippen LogP contribution in [-0.2, 0) is 11.5 Å². The van der Waals surface area contributed by atoms with Crippen molar-refractivity contribution in [2.24, 2.45) is 11.5 Å². The van der Waals surface area contributed by atoms with Crippen LogP contribution in [-0.4, -0.2) is 10.3 Å². The van der Waals surface area contributed by atoms with Crippen molar-refractivity contribution in [3.8, 4) is 0 Å². The van der Waals surface area contributed by atoms with Crippen LogP contribution in [0.5, 0.6) is 0 Å². The first-order chi connectivity index (χ1) is 7.59. The Bertz CT molecular complexity index is 364. The van der Waals surface area contributed by atoms with Crippen molar-refractivity contribution in [1.82, 2.24) is 0 Å². The Hall–Kier alpha value is -0.560. The van der Waals surface area contributed by atoms with Crippen molar-refractivity contribution >= 4 is 58.7 Å². The quantitative estimate of drug-likeness (QED) is 0.505. The monoisotopic (exact) mass is 326 g/mol. The number of amidine groups is 2. The molecule has 6 N–H and O–H groups in total. The minimum atomic E-state index is 0. The van der Waals surface area contributed by atoms with E-state index < -0.39 is 0 Å². The molecule has 4 nitrogen and oxygen atoms in total. The Morgan fingerprint density at radius 2 is 1.22 bits per heavy atom. The van der Waals surface area contributed by atoms with Gasteiger partial charge < -0.3 is 11.5 Å². The normalized spacial score (nSPS) is 8.89. The summed E-state index contributed by atoms with van der Waals surface area (Å²) in [5.74, 6) is 1.37. The summed E-state index contributed by atoms with van der Waals surface area (Å²) in [4.78, 5) is 0. The summed E-state index contributed by atoms with van der Waals surface area (Å²) < 4.78 is 0. The van der Waals surface area contributed by atoms with E-state index in [9.17, 15) is 0 Å². The van der Waals surface area contributed by atoms with E-state index in [4.69, 9.17) is 22.3 Å². The largest absolute Gasteiger partial charge is 0.379 e. The number of hydrogen-bond acceptors (Lipinski definition) is 4. The van der Waals surface area contributed by atoms with Gasteiger partial charge in [0.2, 0.25) is 0 Å². The zero-order chi connectivity index (χ0) is 12.0. The standard InChI is InChI=1S/C10H14N4S2.2ClH/c11-9(12)15-5-7-3-1-2-4-8(7)6-16-10(13)14;;/h1-4H,5-6H2,(H3,11,12)(H3,13,14);2*1H. The van der Waals surface area contributed by atoms with Crippen molar-refractivity contribution < 1.29 is 0 Å². The van der Waals surface area contributed by atoms with Gasteiger partial charge in [0, 0.05) is 11.5 Å². The molecule has 18 heavy (non-hydrogen) atoms. The third kappa shape index (κ3) is 7.71. The van der Waals surface area contributed by atoms with Gasteiger partial charge in [-0.2, -0.15) is 0 Å². The van der Waals surface area contributed by atoms with Gasteiger partial charge in [-0.25, -0.2) is 0 Å². The van der Waals surface area contributed by atoms with E-state index in [0.717, 1.165) is 11.1 Å². The first-order valence-corrected chi connectivity index (χ1v) is 6.57. The molecule has 0 aliphatic rings. The first-order valence-electron chi connectivity index (χ1n) is 4.60. The zero-order valence-corrected chi connectivity index (χ0v) is 12.8. The maximum absolute atomic E-state index is 7.17. The molecule has 1 rings (SSSR count). The van der Waals surface area contributed by atoms with Crippen LogP contribution < -0.4 is 11.5 Å². The molecule has 0 bridgehead atoms. The molecule has 8 heteroatoms. The molecule has 102 valence electrons. The lowest BCUT2D eigenvalue weighted by atomic mass is 10.1. The second kappa shape index (κ2) is 10.4. The summed E-state index contributed by atoms with van der Waals surface area (Å²) in [5.41, 5.74) is 12.9. The minimum absolute atomic E-state index is 0. The summed E-state index contributed by atoms with van der Waals surface area (Å²) in [6, 6.07) is 7.92. The third-order valence-electron chi connectivity index (χ3n) is 1.88. The second-order valence-electron chi connectivity index (χ2n) is 3.07. The van der Waals surface area contributed by atoms with Crippen LogP contribution in [0.3, 0.4) is 0 Å². The van der Waals surface area contributed by atoms with Crippen LogP contribution in [0, 0.1) is 10.8 Å². The van der Waals surface area contributed by atoms with Crippen molar-refractivity contribution in [3.63, 3.8) is 0 Å². The van der Waals surface area contributed by atoms with Gasteiger partial charge in [-0.1, -0.05) is 47.8 Å². The van der Waals surface area contributed by atoms with Crippen molar-refractivity contribution in [1.29, 1.82) is 10.8 Å². The van der Waals surface area contributed by atoms with Crippen LogP contribution in [0.15, 0.2) is 24.3 Å². The highest BCUT2D eigenvalue weighted by Gasteiger charge is 2.03. The van der Waals surface area contributed by atoms with Gasteiger partial charge in [0.1, 0.15) is 0 Å². The second-order valence-corrected chi connectivity index (χ2v) is 5.11. The number of halogens is 2. The van der Waals surface area contributed by atoms with E-state index in [1.165, 1.54) is 23.5 Å². The highest BCUT2D eigenvalue weighted by atomic mass is 35.5. The van der Waals surface area contributed by atoms with E-state index in [2.05, 4.69) is 0 Å². The molecule has 0 heterocycles. The molecule has 0 radical (unpaired) electrons. The Morgan fingerprint density at radius 1 is 0.889 bits per heavy atom.